The number of alkyl halides is 3. The van der Waals surface area contributed by atoms with Crippen LogP contribution in [-0.4, -0.2) is 17.6 Å². The lowest BCUT2D eigenvalue weighted by Gasteiger charge is -2.24. The molecular formula is C18H16BrF3N2O4. The van der Waals surface area contributed by atoms with Gasteiger partial charge in [-0.1, -0.05) is 28.1 Å². The number of ether oxygens (including phenoxy) is 1. The monoisotopic (exact) mass is 460 g/mol. The molecule has 2 rings (SSSR count). The van der Waals surface area contributed by atoms with Gasteiger partial charge in [0, 0.05) is 10.5 Å². The van der Waals surface area contributed by atoms with Crippen LogP contribution in [0.15, 0.2) is 40.9 Å². The third-order valence-electron chi connectivity index (χ3n) is 3.79. The molecule has 0 saturated carbocycles. The Hall–Kier alpha value is -2.62. The summed E-state index contributed by atoms with van der Waals surface area (Å²) in [5.41, 5.74) is -0.743. The summed E-state index contributed by atoms with van der Waals surface area (Å²) in [6.07, 6.45) is -5.45. The van der Waals surface area contributed by atoms with Crippen molar-refractivity contribution in [3.8, 4) is 0 Å². The summed E-state index contributed by atoms with van der Waals surface area (Å²) >= 11 is 3.17. The Bertz CT molecular complexity index is 903. The van der Waals surface area contributed by atoms with E-state index in [0.717, 1.165) is 17.0 Å². The minimum Gasteiger partial charge on any atom is -0.449 e. The number of aryl methyl sites for hydroxylation is 1. The largest absolute Gasteiger partial charge is 0.449 e. The van der Waals surface area contributed by atoms with Crippen molar-refractivity contribution in [3.05, 3.63) is 67.7 Å². The number of anilines is 1. The normalized spacial score (nSPS) is 11.2. The Balaban J connectivity index is 2.57. The van der Waals surface area contributed by atoms with Crippen molar-refractivity contribution in [3.63, 3.8) is 0 Å². The summed E-state index contributed by atoms with van der Waals surface area (Å²) in [5.74, 6) is 0. The van der Waals surface area contributed by atoms with Crippen LogP contribution < -0.4 is 4.90 Å². The number of nitro groups is 1. The molecule has 0 fully saturated rings. The van der Waals surface area contributed by atoms with E-state index in [9.17, 15) is 28.1 Å². The second kappa shape index (κ2) is 8.59. The predicted molar refractivity (Wildman–Crippen MR) is 100 cm³/mol. The summed E-state index contributed by atoms with van der Waals surface area (Å²) in [6.45, 7) is 2.79. The van der Waals surface area contributed by atoms with Gasteiger partial charge in [0.2, 0.25) is 0 Å². The number of hydrogen-bond acceptors (Lipinski definition) is 4. The SMILES string of the molecule is CCOC(=O)N(Cc1cccc(C(F)(F)F)c1)c1c(C)cc(Br)cc1[N+](=O)[O-]. The zero-order valence-electron chi connectivity index (χ0n) is 14.9. The number of hydrogen-bond donors (Lipinski definition) is 0. The van der Waals surface area contributed by atoms with Gasteiger partial charge in [0.15, 0.2) is 0 Å². The molecule has 6 nitrogen and oxygen atoms in total. The Kier molecular flexibility index (Phi) is 6.65. The first-order chi connectivity index (χ1) is 13.0. The van der Waals surface area contributed by atoms with Crippen molar-refractivity contribution >= 4 is 33.4 Å². The second-order valence-corrected chi connectivity index (χ2v) is 6.75. The maximum atomic E-state index is 13.0. The minimum absolute atomic E-state index is 0.00129. The van der Waals surface area contributed by atoms with Crippen LogP contribution in [0.5, 0.6) is 0 Å². The molecular weight excluding hydrogens is 445 g/mol. The summed E-state index contributed by atoms with van der Waals surface area (Å²) in [6, 6.07) is 7.21. The molecule has 0 saturated heterocycles. The smallest absolute Gasteiger partial charge is 0.416 e. The highest BCUT2D eigenvalue weighted by molar-refractivity contribution is 9.10. The van der Waals surface area contributed by atoms with Gasteiger partial charge >= 0.3 is 12.3 Å². The Morgan fingerprint density at radius 3 is 2.54 bits per heavy atom. The standard InChI is InChI=1S/C18H16BrF3N2O4/c1-3-28-17(25)23(10-12-5-4-6-13(8-12)18(20,21)22)16-11(2)7-14(19)9-15(16)24(26)27/h4-9H,3,10H2,1-2H3. The number of carbonyl (C=O) groups excluding carboxylic acids is 1. The zero-order valence-corrected chi connectivity index (χ0v) is 16.5. The lowest BCUT2D eigenvalue weighted by atomic mass is 10.1. The van der Waals surface area contributed by atoms with Crippen LogP contribution in [0.3, 0.4) is 0 Å². The van der Waals surface area contributed by atoms with E-state index in [1.165, 1.54) is 18.2 Å². The summed E-state index contributed by atoms with van der Waals surface area (Å²) in [4.78, 5) is 24.3. The average Bonchev–Trinajstić information content (AvgIpc) is 2.59. The first-order valence-corrected chi connectivity index (χ1v) is 8.88. The van der Waals surface area contributed by atoms with Crippen LogP contribution in [0.25, 0.3) is 0 Å². The molecule has 150 valence electrons. The van der Waals surface area contributed by atoms with Crippen LogP contribution in [0, 0.1) is 17.0 Å². The quantitative estimate of drug-likeness (QED) is 0.414. The molecule has 0 aliphatic carbocycles. The van der Waals surface area contributed by atoms with E-state index in [-0.39, 0.29) is 30.1 Å². The van der Waals surface area contributed by atoms with Gasteiger partial charge < -0.3 is 4.74 Å². The maximum absolute atomic E-state index is 13.0. The Labute approximate surface area is 167 Å². The van der Waals surface area contributed by atoms with E-state index in [1.54, 1.807) is 19.9 Å². The van der Waals surface area contributed by atoms with Gasteiger partial charge in [-0.25, -0.2) is 4.79 Å². The van der Waals surface area contributed by atoms with Gasteiger partial charge in [-0.15, -0.1) is 0 Å². The van der Waals surface area contributed by atoms with Gasteiger partial charge in [0.05, 0.1) is 23.6 Å². The van der Waals surface area contributed by atoms with Crippen molar-refractivity contribution in [1.29, 1.82) is 0 Å². The fraction of sp³-hybridized carbons (Fsp3) is 0.278. The summed E-state index contributed by atoms with van der Waals surface area (Å²) < 4.78 is 44.4. The van der Waals surface area contributed by atoms with Crippen LogP contribution in [0.4, 0.5) is 29.3 Å². The molecule has 0 bridgehead atoms. The van der Waals surface area contributed by atoms with Crippen LogP contribution >= 0.6 is 15.9 Å². The minimum atomic E-state index is -4.55. The molecule has 28 heavy (non-hydrogen) atoms. The highest BCUT2D eigenvalue weighted by Crippen LogP contribution is 2.37. The van der Waals surface area contributed by atoms with E-state index < -0.39 is 22.8 Å². The topological polar surface area (TPSA) is 72.7 Å². The molecule has 0 aliphatic heterocycles. The van der Waals surface area contributed by atoms with Gasteiger partial charge in [-0.05, 0) is 43.2 Å². The van der Waals surface area contributed by atoms with Gasteiger partial charge in [0.25, 0.3) is 5.69 Å². The van der Waals surface area contributed by atoms with Crippen LogP contribution in [0.1, 0.15) is 23.6 Å². The molecule has 2 aromatic carbocycles. The number of halogens is 4. The van der Waals surface area contributed by atoms with E-state index in [1.807, 2.05) is 0 Å². The maximum Gasteiger partial charge on any atom is 0.416 e. The third kappa shape index (κ3) is 5.00. The van der Waals surface area contributed by atoms with Crippen molar-refractivity contribution in [2.75, 3.05) is 11.5 Å². The molecule has 0 aromatic heterocycles. The first-order valence-electron chi connectivity index (χ1n) is 8.09. The molecule has 0 radical (unpaired) electrons. The molecule has 1 amide bonds. The van der Waals surface area contributed by atoms with E-state index in [2.05, 4.69) is 15.9 Å². The molecule has 2 aromatic rings. The Morgan fingerprint density at radius 2 is 1.96 bits per heavy atom. The molecule has 0 unspecified atom stereocenters. The predicted octanol–water partition coefficient (Wildman–Crippen LogP) is 5.85. The molecule has 0 aliphatic rings. The van der Waals surface area contributed by atoms with Crippen molar-refractivity contribution in [1.82, 2.24) is 0 Å². The molecule has 0 atom stereocenters. The van der Waals surface area contributed by atoms with Crippen molar-refractivity contribution in [2.45, 2.75) is 26.6 Å². The Morgan fingerprint density at radius 1 is 1.29 bits per heavy atom. The lowest BCUT2D eigenvalue weighted by molar-refractivity contribution is -0.384. The zero-order chi connectivity index (χ0) is 21.1. The summed E-state index contributed by atoms with van der Waals surface area (Å²) in [7, 11) is 0. The molecule has 0 spiro atoms. The van der Waals surface area contributed by atoms with Gasteiger partial charge in [0.1, 0.15) is 5.69 Å². The average molecular weight is 461 g/mol. The van der Waals surface area contributed by atoms with Gasteiger partial charge in [-0.3, -0.25) is 15.0 Å². The van der Waals surface area contributed by atoms with Gasteiger partial charge in [-0.2, -0.15) is 13.2 Å². The molecule has 0 heterocycles. The number of carbonyl (C=O) groups is 1. The highest BCUT2D eigenvalue weighted by atomic mass is 79.9. The number of rotatable bonds is 5. The van der Waals surface area contributed by atoms with E-state index in [4.69, 9.17) is 4.74 Å². The van der Waals surface area contributed by atoms with Crippen LogP contribution in [0.2, 0.25) is 0 Å². The molecule has 0 N–H and O–H groups in total. The number of benzene rings is 2. The first kappa shape index (κ1) is 21.7. The summed E-state index contributed by atoms with van der Waals surface area (Å²) in [5, 5.41) is 11.5. The number of nitro benzene ring substituents is 1. The van der Waals surface area contributed by atoms with E-state index in [0.29, 0.717) is 10.0 Å². The van der Waals surface area contributed by atoms with Crippen molar-refractivity contribution < 1.29 is 27.6 Å². The van der Waals surface area contributed by atoms with Crippen molar-refractivity contribution in [2.24, 2.45) is 0 Å². The third-order valence-corrected chi connectivity index (χ3v) is 4.25. The van der Waals surface area contributed by atoms with Crippen LogP contribution in [-0.2, 0) is 17.5 Å². The number of nitrogens with zero attached hydrogens (tertiary/aromatic N) is 2. The van der Waals surface area contributed by atoms with E-state index >= 15 is 0 Å². The molecule has 10 heteroatoms. The fourth-order valence-corrected chi connectivity index (χ4v) is 3.23. The highest BCUT2D eigenvalue weighted by Gasteiger charge is 2.32. The lowest BCUT2D eigenvalue weighted by Crippen LogP contribution is -2.32. The number of amides is 1. The second-order valence-electron chi connectivity index (χ2n) is 5.83. The fourth-order valence-electron chi connectivity index (χ4n) is 2.67.